The van der Waals surface area contributed by atoms with E-state index >= 15 is 0 Å². The number of nitrogens with one attached hydrogen (secondary N) is 2. The number of carbonyl (C=O) groups excluding carboxylic acids is 2. The Morgan fingerprint density at radius 1 is 0.462 bits per heavy atom. The van der Waals surface area contributed by atoms with Gasteiger partial charge in [0.1, 0.15) is 110 Å². The van der Waals surface area contributed by atoms with Gasteiger partial charge in [-0.05, 0) is 25.7 Å². The zero-order valence-electron chi connectivity index (χ0n) is 64.6. The summed E-state index contributed by atoms with van der Waals surface area (Å²) in [5.74, 6) is -2.74. The minimum absolute atomic E-state index is 0.0273. The summed E-state index contributed by atoms with van der Waals surface area (Å²) in [6.07, 6.45) is -45.9. The number of fused-ring (bicyclic) bond motifs is 1. The summed E-state index contributed by atoms with van der Waals surface area (Å²) in [7, 11) is -27.3. The number of aliphatic carboxylic acids is 2. The van der Waals surface area contributed by atoms with Crippen LogP contribution in [0, 0.1) is 0 Å². The lowest BCUT2D eigenvalue weighted by Crippen LogP contribution is -2.72. The number of urea groups is 1. The predicted molar refractivity (Wildman–Crippen MR) is 382 cm³/mol. The van der Waals surface area contributed by atoms with Crippen molar-refractivity contribution in [3.8, 4) is 0 Å². The lowest BCUT2D eigenvalue weighted by atomic mass is 9.83. The Balaban J connectivity index is 1.08. The SMILES string of the molecule is CCC1(C(=O)O)OC(OC2C(COS(=O)(=O)O)OC(OC3COC(OC4C(COS(=O)(=O)O)OC(OC)C(OS(=O)(=O)O)C4OC)[C@H](OCC(=O)O)C3OC)C(OS(=O)(=O)O)C2OS(=O)(=O)O)C(OC)C(OC)C1OC1OC(COS(=O)(=O)O)C(OCCOCCOCCOCCCC(=O)CCCCC2SCC3NC(=O)NC32)C(OC)C1OC. The summed E-state index contributed by atoms with van der Waals surface area (Å²) in [6.45, 7) is -4.84. The lowest BCUT2D eigenvalue weighted by Gasteiger charge is -2.53. The van der Waals surface area contributed by atoms with E-state index in [2.05, 4.69) is 19.0 Å². The van der Waals surface area contributed by atoms with E-state index in [1.165, 1.54) is 6.92 Å². The van der Waals surface area contributed by atoms with Crippen LogP contribution in [0.2, 0.25) is 0 Å². The topological polar surface area (TPSA) is 708 Å². The van der Waals surface area contributed by atoms with Gasteiger partial charge in [0, 0.05) is 80.2 Å². The van der Waals surface area contributed by atoms with Gasteiger partial charge >= 0.3 is 80.4 Å². The number of carboxylic acids is 2. The summed E-state index contributed by atoms with van der Waals surface area (Å²) in [4.78, 5) is 50.4. The average Bonchev–Trinajstić information content (AvgIpc) is 1.07. The zero-order chi connectivity index (χ0) is 88.2. The summed E-state index contributed by atoms with van der Waals surface area (Å²) < 4.78 is 360. The van der Waals surface area contributed by atoms with E-state index in [1.54, 1.807) is 0 Å². The first kappa shape index (κ1) is 103. The van der Waals surface area contributed by atoms with Gasteiger partial charge in [-0.1, -0.05) is 13.3 Å². The normalized spacial score (nSPS) is 35.0. The Morgan fingerprint density at radius 2 is 0.924 bits per heavy atom. The van der Waals surface area contributed by atoms with E-state index in [9.17, 15) is 107 Å². The molecular weight excluding hydrogens is 1780 g/mol. The fourth-order valence-corrected chi connectivity index (χ4v) is 18.0. The highest BCUT2D eigenvalue weighted by Gasteiger charge is 2.65. The maximum absolute atomic E-state index is 14.1. The van der Waals surface area contributed by atoms with Crippen LogP contribution in [0.5, 0.6) is 0 Å². The molecule has 0 saturated carbocycles. The standard InChI is InChI=1S/C59H100N2O51S7/c1-9-59(57(65)66)51(108-54-46(90-6)42(87-3)39(32(104-54)24-99-114(68,69)70)96-22-21-95-20-19-94-18-17-93-16-12-14-29(62)13-10-11-15-35-37-30(28-113-35)60-58(67)61-37)45(89-5)47(91-7)56(109-59)107-41-34(26-101-116(74,75)76)105-55(50(112-119(83,84)85)44(41)110-117(77,78)79)103-31-23-98-53(48(38(31)86-2)97-27-36(63)64)106-40-33(25-100-115(71,72)73)102-52(92-8)49(43(40)88-4)111-118(80,81)82/h30-35,37-56H,9-28H2,1-8H3,(H,63,64)(H,65,66)(H2,60,61,67)(H,68,69,70)(H,71,72,73)(H,74,75,76)(H,77,78,79)(H,80,81,82)(H,83,84,85)/t30?,31?,32?,33?,34?,35?,37?,38?,39?,40?,41?,42?,43?,44?,45?,46?,47?,48-,49?,50?,51?,52?,53?,54?,55?,56?,59?/m1/s1. The van der Waals surface area contributed by atoms with Gasteiger partial charge in [-0.2, -0.15) is 62.3 Å². The molecule has 0 spiro atoms. The summed E-state index contributed by atoms with van der Waals surface area (Å²) in [5, 5.41) is 27.4. The maximum atomic E-state index is 14.1. The first-order valence-electron chi connectivity index (χ1n) is 35.9. The molecule has 119 heavy (non-hydrogen) atoms. The van der Waals surface area contributed by atoms with Crippen molar-refractivity contribution in [3.05, 3.63) is 0 Å². The van der Waals surface area contributed by atoms with Crippen LogP contribution in [0.15, 0.2) is 0 Å². The van der Waals surface area contributed by atoms with E-state index in [0.29, 0.717) is 31.1 Å². The highest BCUT2D eigenvalue weighted by molar-refractivity contribution is 8.00. The number of carboxylic acid groups (broad SMARTS) is 2. The van der Waals surface area contributed by atoms with Crippen LogP contribution in [-0.2, 0) is 201 Å². The zero-order valence-corrected chi connectivity index (χ0v) is 70.4. The Labute approximate surface area is 687 Å². The van der Waals surface area contributed by atoms with Crippen LogP contribution < -0.4 is 10.6 Å². The lowest BCUT2D eigenvalue weighted by molar-refractivity contribution is -0.399. The molecule has 0 aromatic heterocycles. The Morgan fingerprint density at radius 3 is 1.43 bits per heavy atom. The molecule has 0 aromatic rings. The second-order valence-corrected chi connectivity index (χ2v) is 34.4. The molecule has 694 valence electrons. The van der Waals surface area contributed by atoms with Crippen molar-refractivity contribution >= 4 is 97.9 Å². The number of hydrogen-bond acceptors (Lipinski definition) is 44. The fourth-order valence-electron chi connectivity index (χ4n) is 14.1. The monoisotopic (exact) mass is 1880 g/mol. The number of methoxy groups -OCH3 is 7. The number of Topliss-reactive ketones (excluding diaryl/α,β-unsaturated/α-hetero) is 1. The number of ketones is 1. The molecule has 7 heterocycles. The van der Waals surface area contributed by atoms with Crippen molar-refractivity contribution < 1.29 is 232 Å². The maximum Gasteiger partial charge on any atom is 0.397 e. The molecule has 0 bridgehead atoms. The van der Waals surface area contributed by atoms with E-state index in [4.69, 9.17) is 116 Å². The van der Waals surface area contributed by atoms with Crippen LogP contribution in [0.25, 0.3) is 0 Å². The van der Waals surface area contributed by atoms with Gasteiger partial charge in [-0.25, -0.2) is 39.5 Å². The number of hydrogen-bond donors (Lipinski definition) is 10. The molecule has 7 aliphatic rings. The first-order chi connectivity index (χ1) is 55.8. The van der Waals surface area contributed by atoms with Crippen molar-refractivity contribution in [1.82, 2.24) is 10.6 Å². The van der Waals surface area contributed by atoms with Crippen molar-refractivity contribution in [3.63, 3.8) is 0 Å². The van der Waals surface area contributed by atoms with Crippen molar-refractivity contribution in [1.29, 1.82) is 0 Å². The molecule has 7 aliphatic heterocycles. The van der Waals surface area contributed by atoms with Gasteiger partial charge in [0.05, 0.1) is 78.2 Å². The Hall–Kier alpha value is -3.39. The molecule has 2 amide bonds. The van der Waals surface area contributed by atoms with Gasteiger partial charge in [0.2, 0.25) is 0 Å². The summed E-state index contributed by atoms with van der Waals surface area (Å²) >= 11 is 1.82. The van der Waals surface area contributed by atoms with Crippen LogP contribution in [0.3, 0.4) is 0 Å². The summed E-state index contributed by atoms with van der Waals surface area (Å²) in [5.41, 5.74) is -2.95. The van der Waals surface area contributed by atoms with Gasteiger partial charge in [0.15, 0.2) is 49.3 Å². The van der Waals surface area contributed by atoms with Crippen molar-refractivity contribution in [2.24, 2.45) is 0 Å². The molecule has 0 aromatic carbocycles. The number of amides is 2. The second kappa shape index (κ2) is 46.4. The third kappa shape index (κ3) is 30.7. The van der Waals surface area contributed by atoms with Gasteiger partial charge in [-0.3, -0.25) is 32.1 Å². The minimum atomic E-state index is -6.15. The van der Waals surface area contributed by atoms with Crippen LogP contribution in [0.1, 0.15) is 51.9 Å². The largest absolute Gasteiger partial charge is 0.480 e. The fraction of sp³-hybridized carbons (Fsp3) is 0.932. The third-order valence-corrected chi connectivity index (χ3v) is 23.4. The molecule has 7 saturated heterocycles. The average molecular weight is 1880 g/mol. The molecule has 26 unspecified atom stereocenters. The van der Waals surface area contributed by atoms with Crippen molar-refractivity contribution in [2.45, 2.75) is 216 Å². The highest BCUT2D eigenvalue weighted by atomic mass is 32.3. The molecule has 60 heteroatoms. The van der Waals surface area contributed by atoms with E-state index in [0.717, 1.165) is 74.8 Å². The van der Waals surface area contributed by atoms with Crippen LogP contribution in [0.4, 0.5) is 4.79 Å². The molecular formula is C59H100N2O51S7. The van der Waals surface area contributed by atoms with Gasteiger partial charge < -0.3 is 120 Å². The quantitative estimate of drug-likeness (QED) is 0.0156. The molecule has 7 rings (SSSR count). The predicted octanol–water partition coefficient (Wildman–Crippen LogP) is -4.61. The van der Waals surface area contributed by atoms with E-state index in [-0.39, 0.29) is 63.5 Å². The van der Waals surface area contributed by atoms with Crippen LogP contribution >= 0.6 is 11.8 Å². The number of ether oxygens (including phenoxy) is 21. The molecule has 0 radical (unpaired) electrons. The molecule has 10 N–H and O–H groups in total. The van der Waals surface area contributed by atoms with Gasteiger partial charge in [-0.15, -0.1) is 0 Å². The van der Waals surface area contributed by atoms with E-state index < -0.39 is 261 Å². The highest BCUT2D eigenvalue weighted by Crippen LogP contribution is 2.44. The van der Waals surface area contributed by atoms with E-state index in [1.807, 2.05) is 11.8 Å². The Bertz CT molecular complexity index is 3940. The number of rotatable bonds is 54. The number of thioether (sulfide) groups is 1. The third-order valence-electron chi connectivity index (χ3n) is 19.2. The molecule has 53 nitrogen and oxygen atoms in total. The van der Waals surface area contributed by atoms with Crippen molar-refractivity contribution in [2.75, 3.05) is 135 Å². The second-order valence-electron chi connectivity index (χ2n) is 26.7. The molecule has 27 atom stereocenters. The van der Waals surface area contributed by atoms with Crippen LogP contribution in [-0.4, -0.2) is 411 Å². The number of unbranched alkanes of at least 4 members (excludes halogenated alkanes) is 1. The smallest absolute Gasteiger partial charge is 0.397 e. The minimum Gasteiger partial charge on any atom is -0.480 e. The van der Waals surface area contributed by atoms with Gasteiger partial charge in [0.25, 0.3) is 0 Å². The molecule has 7 fully saturated rings. The Kier molecular flexibility index (Phi) is 40.0. The summed E-state index contributed by atoms with van der Waals surface area (Å²) in [6, 6.07) is 0.0983. The molecule has 0 aliphatic carbocycles. The number of carbonyl (C=O) groups is 4. The first-order valence-corrected chi connectivity index (χ1v) is 45.1.